The maximum Gasteiger partial charge on any atom is 0.319 e. The highest BCUT2D eigenvalue weighted by Crippen LogP contribution is 2.19. The Morgan fingerprint density at radius 1 is 0.968 bits per heavy atom. The van der Waals surface area contributed by atoms with E-state index >= 15 is 0 Å². The molecule has 1 saturated heterocycles. The number of likely N-dealkylation sites (tertiary alicyclic amines) is 1. The molecule has 1 aliphatic heterocycles. The van der Waals surface area contributed by atoms with E-state index in [1.165, 1.54) is 5.56 Å². The van der Waals surface area contributed by atoms with Crippen molar-refractivity contribution in [2.75, 3.05) is 18.4 Å². The van der Waals surface area contributed by atoms with Crippen molar-refractivity contribution in [2.24, 2.45) is 0 Å². The van der Waals surface area contributed by atoms with Crippen molar-refractivity contribution in [2.45, 2.75) is 50.9 Å². The lowest BCUT2D eigenvalue weighted by Gasteiger charge is -2.29. The van der Waals surface area contributed by atoms with Gasteiger partial charge in [0.1, 0.15) is 0 Å². The molecule has 2 aromatic carbocycles. The number of carbonyl (C=O) groups excluding carboxylic acids is 2. The largest absolute Gasteiger partial charge is 0.393 e. The van der Waals surface area contributed by atoms with Crippen molar-refractivity contribution in [3.63, 3.8) is 0 Å². The zero-order valence-corrected chi connectivity index (χ0v) is 17.6. The van der Waals surface area contributed by atoms with Gasteiger partial charge in [0, 0.05) is 43.5 Å². The van der Waals surface area contributed by atoms with Gasteiger partial charge in [-0.2, -0.15) is 0 Å². The Bertz CT molecular complexity index is 903. The zero-order chi connectivity index (χ0) is 21.6. The Morgan fingerprint density at radius 3 is 2.39 bits per heavy atom. The van der Waals surface area contributed by atoms with E-state index in [-0.39, 0.29) is 24.1 Å². The first-order chi connectivity index (χ1) is 15.0. The van der Waals surface area contributed by atoms with Gasteiger partial charge in [-0.1, -0.05) is 30.3 Å². The minimum absolute atomic E-state index is 0.154. The van der Waals surface area contributed by atoms with Gasteiger partial charge in [0.2, 0.25) is 0 Å². The second kappa shape index (κ2) is 9.94. The van der Waals surface area contributed by atoms with Crippen LogP contribution < -0.4 is 16.0 Å². The van der Waals surface area contributed by atoms with Crippen molar-refractivity contribution >= 4 is 17.6 Å². The quantitative estimate of drug-likeness (QED) is 0.552. The van der Waals surface area contributed by atoms with Crippen LogP contribution in [-0.2, 0) is 13.1 Å². The molecule has 1 heterocycles. The van der Waals surface area contributed by atoms with Gasteiger partial charge >= 0.3 is 6.03 Å². The van der Waals surface area contributed by atoms with Crippen molar-refractivity contribution in [3.8, 4) is 0 Å². The second-order valence-electron chi connectivity index (χ2n) is 8.46. The number of anilines is 1. The highest BCUT2D eigenvalue weighted by Gasteiger charge is 2.23. The summed E-state index contributed by atoms with van der Waals surface area (Å²) in [6.07, 6.45) is 3.58. The summed E-state index contributed by atoms with van der Waals surface area (Å²) in [4.78, 5) is 26.8. The smallest absolute Gasteiger partial charge is 0.319 e. The average molecular weight is 423 g/mol. The number of urea groups is 1. The highest BCUT2D eigenvalue weighted by atomic mass is 16.3. The Morgan fingerprint density at radius 2 is 1.68 bits per heavy atom. The molecule has 2 aliphatic rings. The van der Waals surface area contributed by atoms with E-state index in [2.05, 4.69) is 33.0 Å². The summed E-state index contributed by atoms with van der Waals surface area (Å²) in [5.41, 5.74) is 3.37. The second-order valence-corrected chi connectivity index (χ2v) is 8.46. The summed E-state index contributed by atoms with van der Waals surface area (Å²) >= 11 is 0. The van der Waals surface area contributed by atoms with Gasteiger partial charge in [0.15, 0.2) is 0 Å². The van der Waals surface area contributed by atoms with Gasteiger partial charge in [-0.25, -0.2) is 4.79 Å². The fraction of sp³-hybridized carbons (Fsp3) is 0.417. The number of aliphatic hydroxyl groups is 1. The minimum Gasteiger partial charge on any atom is -0.393 e. The molecule has 164 valence electrons. The number of carbonyl (C=O) groups is 2. The van der Waals surface area contributed by atoms with Crippen LogP contribution in [0.2, 0.25) is 0 Å². The Hall–Kier alpha value is -2.90. The van der Waals surface area contributed by atoms with Crippen molar-refractivity contribution in [1.29, 1.82) is 0 Å². The molecule has 0 bridgehead atoms. The van der Waals surface area contributed by atoms with E-state index in [9.17, 15) is 14.7 Å². The maximum absolute atomic E-state index is 12.5. The molecule has 1 saturated carbocycles. The molecule has 0 atom stereocenters. The summed E-state index contributed by atoms with van der Waals surface area (Å²) in [5, 5.41) is 18.2. The van der Waals surface area contributed by atoms with Gasteiger partial charge in [0.25, 0.3) is 5.91 Å². The first-order valence-corrected chi connectivity index (χ1v) is 11.0. The summed E-state index contributed by atoms with van der Waals surface area (Å²) < 4.78 is 0. The van der Waals surface area contributed by atoms with E-state index in [1.807, 2.05) is 12.1 Å². The van der Waals surface area contributed by atoms with E-state index in [1.54, 1.807) is 24.3 Å². The third kappa shape index (κ3) is 6.54. The van der Waals surface area contributed by atoms with Crippen LogP contribution in [0, 0.1) is 0 Å². The first kappa shape index (κ1) is 21.3. The lowest BCUT2D eigenvalue weighted by Crippen LogP contribution is -2.35. The number of rotatable bonds is 7. The summed E-state index contributed by atoms with van der Waals surface area (Å²) in [7, 11) is 0. The molecule has 0 radical (unpaired) electrons. The average Bonchev–Trinajstić information content (AvgIpc) is 3.58. The molecule has 4 rings (SSSR count). The predicted octanol–water partition coefficient (Wildman–Crippen LogP) is 2.86. The van der Waals surface area contributed by atoms with Crippen LogP contribution in [0.3, 0.4) is 0 Å². The number of aliphatic hydroxyl groups excluding tert-OH is 1. The van der Waals surface area contributed by atoms with Crippen LogP contribution in [0.5, 0.6) is 0 Å². The number of nitrogens with zero attached hydrogens (tertiary/aromatic N) is 1. The molecule has 4 N–H and O–H groups in total. The van der Waals surface area contributed by atoms with Crippen LogP contribution in [0.1, 0.15) is 47.2 Å². The molecular weight excluding hydrogens is 392 g/mol. The Kier molecular flexibility index (Phi) is 6.84. The van der Waals surface area contributed by atoms with Crippen LogP contribution in [-0.4, -0.2) is 47.2 Å². The number of hydrogen-bond donors (Lipinski definition) is 4. The van der Waals surface area contributed by atoms with Gasteiger partial charge in [-0.15, -0.1) is 0 Å². The van der Waals surface area contributed by atoms with Gasteiger partial charge in [-0.3, -0.25) is 9.69 Å². The van der Waals surface area contributed by atoms with E-state index in [0.717, 1.165) is 50.9 Å². The molecule has 0 spiro atoms. The molecule has 7 nitrogen and oxygen atoms in total. The normalized spacial score (nSPS) is 17.2. The SMILES string of the molecule is O=C(Nc1cccc(C(=O)NCc2ccc(CN3CCC(O)CC3)cc2)c1)NC1CC1. The van der Waals surface area contributed by atoms with Gasteiger partial charge in [0.05, 0.1) is 6.10 Å². The number of benzene rings is 2. The standard InChI is InChI=1S/C24H30N4O3/c29-22-10-12-28(13-11-22)16-18-6-4-17(5-7-18)15-25-23(30)19-2-1-3-21(14-19)27-24(31)26-20-8-9-20/h1-7,14,20,22,29H,8-13,15-16H2,(H,25,30)(H2,26,27,31). The van der Waals surface area contributed by atoms with Crippen molar-refractivity contribution in [1.82, 2.24) is 15.5 Å². The maximum atomic E-state index is 12.5. The molecule has 2 aromatic rings. The van der Waals surface area contributed by atoms with Gasteiger partial charge in [-0.05, 0) is 55.0 Å². The molecular formula is C24H30N4O3. The first-order valence-electron chi connectivity index (χ1n) is 11.0. The van der Waals surface area contributed by atoms with Crippen LogP contribution in [0.15, 0.2) is 48.5 Å². The van der Waals surface area contributed by atoms with Crippen LogP contribution in [0.4, 0.5) is 10.5 Å². The third-order valence-electron chi connectivity index (χ3n) is 5.73. The third-order valence-corrected chi connectivity index (χ3v) is 5.73. The molecule has 31 heavy (non-hydrogen) atoms. The lowest BCUT2D eigenvalue weighted by molar-refractivity contribution is 0.0792. The molecule has 3 amide bonds. The predicted molar refractivity (Wildman–Crippen MR) is 120 cm³/mol. The molecule has 0 unspecified atom stereocenters. The lowest BCUT2D eigenvalue weighted by atomic mass is 10.1. The van der Waals surface area contributed by atoms with E-state index in [0.29, 0.717) is 17.8 Å². The Balaban J connectivity index is 1.25. The van der Waals surface area contributed by atoms with Gasteiger partial charge < -0.3 is 21.1 Å². The Labute approximate surface area is 182 Å². The summed E-state index contributed by atoms with van der Waals surface area (Å²) in [6.45, 7) is 3.17. The van der Waals surface area contributed by atoms with Crippen molar-refractivity contribution in [3.05, 3.63) is 65.2 Å². The molecule has 1 aliphatic carbocycles. The number of hydrogen-bond acceptors (Lipinski definition) is 4. The number of nitrogens with one attached hydrogen (secondary N) is 3. The number of piperidine rings is 1. The monoisotopic (exact) mass is 422 g/mol. The summed E-state index contributed by atoms with van der Waals surface area (Å²) in [5.74, 6) is -0.179. The van der Waals surface area contributed by atoms with E-state index < -0.39 is 0 Å². The molecule has 2 fully saturated rings. The summed E-state index contributed by atoms with van der Waals surface area (Å²) in [6, 6.07) is 15.2. The zero-order valence-electron chi connectivity index (χ0n) is 17.6. The van der Waals surface area contributed by atoms with E-state index in [4.69, 9.17) is 0 Å². The molecule has 0 aromatic heterocycles. The fourth-order valence-electron chi connectivity index (χ4n) is 3.70. The minimum atomic E-state index is -0.235. The topological polar surface area (TPSA) is 93.7 Å². The van der Waals surface area contributed by atoms with Crippen molar-refractivity contribution < 1.29 is 14.7 Å². The number of amides is 3. The highest BCUT2D eigenvalue weighted by molar-refractivity contribution is 5.96. The fourth-order valence-corrected chi connectivity index (χ4v) is 3.70. The van der Waals surface area contributed by atoms with Crippen LogP contribution in [0.25, 0.3) is 0 Å². The molecule has 7 heteroatoms. The van der Waals surface area contributed by atoms with Crippen LogP contribution >= 0.6 is 0 Å².